The maximum atomic E-state index is 10.7. The van der Waals surface area contributed by atoms with E-state index in [0.717, 1.165) is 0 Å². The zero-order chi connectivity index (χ0) is 9.56. The van der Waals surface area contributed by atoms with Gasteiger partial charge in [0, 0.05) is 0 Å². The summed E-state index contributed by atoms with van der Waals surface area (Å²) in [6, 6.07) is 0. The van der Waals surface area contributed by atoms with Crippen LogP contribution in [0.25, 0.3) is 0 Å². The van der Waals surface area contributed by atoms with Crippen LogP contribution in [0, 0.1) is 0 Å². The molecule has 0 radical (unpaired) electrons. The third-order valence-corrected chi connectivity index (χ3v) is 0.935. The minimum atomic E-state index is -1.27. The highest BCUT2D eigenvalue weighted by Gasteiger charge is 2.02. The lowest BCUT2D eigenvalue weighted by molar-refractivity contribution is -0.123. The van der Waals surface area contributed by atoms with Crippen LogP contribution in [0.1, 0.15) is 6.92 Å². The number of hydrogen-bond acceptors (Lipinski definition) is 3. The van der Waals surface area contributed by atoms with Crippen molar-refractivity contribution in [3.05, 3.63) is 0 Å². The summed E-state index contributed by atoms with van der Waals surface area (Å²) in [5.74, 6) is -0.703. The minimum Gasteiger partial charge on any atom is -0.465 e. The summed E-state index contributed by atoms with van der Waals surface area (Å²) in [5, 5.41) is 12.2. The summed E-state index contributed by atoms with van der Waals surface area (Å²) in [5.41, 5.74) is 0. The maximum Gasteiger partial charge on any atom is 0.405 e. The lowest BCUT2D eigenvalue weighted by atomic mass is 10.4. The van der Waals surface area contributed by atoms with Gasteiger partial charge in [0.05, 0.1) is 13.1 Å². The van der Waals surface area contributed by atoms with Gasteiger partial charge < -0.3 is 15.7 Å². The zero-order valence-electron chi connectivity index (χ0n) is 6.59. The Balaban J connectivity index is 3.47. The molecule has 0 fully saturated rings. The highest BCUT2D eigenvalue weighted by Crippen LogP contribution is 1.67. The predicted molar refractivity (Wildman–Crippen MR) is 39.7 cm³/mol. The molecule has 12 heavy (non-hydrogen) atoms. The van der Waals surface area contributed by atoms with Crippen molar-refractivity contribution in [1.29, 1.82) is 0 Å². The largest absolute Gasteiger partial charge is 0.465 e. The van der Waals surface area contributed by atoms with Gasteiger partial charge in [-0.2, -0.15) is 0 Å². The molecule has 2 amide bonds. The Morgan fingerprint density at radius 3 is 2.17 bits per heavy atom. The van der Waals surface area contributed by atoms with E-state index in [1.807, 2.05) is 5.32 Å². The third kappa shape index (κ3) is 6.53. The molecule has 0 aliphatic carbocycles. The van der Waals surface area contributed by atoms with Gasteiger partial charge >= 0.3 is 6.09 Å². The van der Waals surface area contributed by atoms with Gasteiger partial charge in [-0.3, -0.25) is 9.59 Å². The fraction of sp³-hybridized carbons (Fsp3) is 0.500. The van der Waals surface area contributed by atoms with Crippen molar-refractivity contribution in [3.63, 3.8) is 0 Å². The van der Waals surface area contributed by atoms with Crippen molar-refractivity contribution in [3.8, 4) is 0 Å². The summed E-state index contributed by atoms with van der Waals surface area (Å²) in [6.45, 7) is 0.924. The second-order valence-corrected chi connectivity index (χ2v) is 2.14. The van der Waals surface area contributed by atoms with Crippen LogP contribution in [0.4, 0.5) is 4.79 Å². The van der Waals surface area contributed by atoms with Crippen LogP contribution in [-0.4, -0.2) is 36.0 Å². The van der Waals surface area contributed by atoms with Crippen LogP contribution in [-0.2, 0) is 9.59 Å². The molecule has 0 unspecified atom stereocenters. The Kier molecular flexibility index (Phi) is 4.43. The van der Waals surface area contributed by atoms with Crippen molar-refractivity contribution in [1.82, 2.24) is 10.6 Å². The van der Waals surface area contributed by atoms with Gasteiger partial charge in [0.1, 0.15) is 5.78 Å². The molecule has 68 valence electrons. The summed E-state index contributed by atoms with van der Waals surface area (Å²) in [7, 11) is 0. The number of rotatable bonds is 4. The van der Waals surface area contributed by atoms with E-state index in [9.17, 15) is 14.4 Å². The molecule has 0 aromatic rings. The molecule has 0 rings (SSSR count). The first-order valence-electron chi connectivity index (χ1n) is 3.25. The van der Waals surface area contributed by atoms with Crippen molar-refractivity contribution in [2.24, 2.45) is 0 Å². The highest BCUT2D eigenvalue weighted by atomic mass is 16.4. The molecule has 0 saturated heterocycles. The van der Waals surface area contributed by atoms with E-state index in [1.165, 1.54) is 6.92 Å². The van der Waals surface area contributed by atoms with Crippen molar-refractivity contribution >= 4 is 17.8 Å². The number of carboxylic acid groups (broad SMARTS) is 1. The van der Waals surface area contributed by atoms with Crippen molar-refractivity contribution in [2.45, 2.75) is 6.92 Å². The normalized spacial score (nSPS) is 8.75. The van der Waals surface area contributed by atoms with Crippen LogP contribution in [0.2, 0.25) is 0 Å². The molecule has 0 spiro atoms. The van der Waals surface area contributed by atoms with E-state index in [2.05, 4.69) is 5.32 Å². The molecule has 0 aromatic heterocycles. The highest BCUT2D eigenvalue weighted by molar-refractivity contribution is 5.86. The molecule has 0 bridgehead atoms. The molecule has 0 aliphatic heterocycles. The number of amides is 2. The predicted octanol–water partition coefficient (Wildman–Crippen LogP) is -1.04. The second-order valence-electron chi connectivity index (χ2n) is 2.14. The van der Waals surface area contributed by atoms with Gasteiger partial charge in [0.2, 0.25) is 5.91 Å². The SMILES string of the molecule is CC(=O)CNC(=O)CNC(=O)O. The Morgan fingerprint density at radius 2 is 1.75 bits per heavy atom. The van der Waals surface area contributed by atoms with Crippen LogP contribution in [0.5, 0.6) is 0 Å². The second kappa shape index (κ2) is 5.11. The fourth-order valence-electron chi connectivity index (χ4n) is 0.441. The number of ketones is 1. The first-order chi connectivity index (χ1) is 5.52. The van der Waals surface area contributed by atoms with Gasteiger partial charge in [-0.1, -0.05) is 0 Å². The average molecular weight is 174 g/mol. The molecular weight excluding hydrogens is 164 g/mol. The smallest absolute Gasteiger partial charge is 0.405 e. The lowest BCUT2D eigenvalue weighted by Gasteiger charge is -2.01. The molecular formula is C6H10N2O4. The van der Waals surface area contributed by atoms with Gasteiger partial charge in [-0.15, -0.1) is 0 Å². The Bertz CT molecular complexity index is 182. The number of Topliss-reactive ketones (excluding diaryl/α,β-unsaturated/α-hetero) is 1. The first-order valence-corrected chi connectivity index (χ1v) is 3.25. The number of hydrogen-bond donors (Lipinski definition) is 3. The van der Waals surface area contributed by atoms with Crippen LogP contribution in [0.3, 0.4) is 0 Å². The van der Waals surface area contributed by atoms with Crippen molar-refractivity contribution < 1.29 is 19.5 Å². The average Bonchev–Trinajstić information content (AvgIpc) is 1.96. The Morgan fingerprint density at radius 1 is 1.17 bits per heavy atom. The molecule has 0 aromatic carbocycles. The van der Waals surface area contributed by atoms with Crippen LogP contribution >= 0.6 is 0 Å². The van der Waals surface area contributed by atoms with Gasteiger partial charge in [-0.05, 0) is 6.92 Å². The molecule has 3 N–H and O–H groups in total. The Labute approximate surface area is 68.9 Å². The molecule has 0 aliphatic rings. The standard InChI is InChI=1S/C6H10N2O4/c1-4(9)2-7-5(10)3-8-6(11)12/h8H,2-3H2,1H3,(H,7,10)(H,11,12). The summed E-state index contributed by atoms with van der Waals surface area (Å²) in [6.07, 6.45) is -1.27. The molecule has 0 atom stereocenters. The summed E-state index contributed by atoms with van der Waals surface area (Å²) >= 11 is 0. The third-order valence-electron chi connectivity index (χ3n) is 0.935. The Hall–Kier alpha value is -1.59. The minimum absolute atomic E-state index is 0.0693. The maximum absolute atomic E-state index is 10.7. The van der Waals surface area contributed by atoms with E-state index >= 15 is 0 Å². The van der Waals surface area contributed by atoms with E-state index in [4.69, 9.17) is 5.11 Å². The topological polar surface area (TPSA) is 95.5 Å². The van der Waals surface area contributed by atoms with E-state index in [-0.39, 0.29) is 18.9 Å². The molecule has 6 nitrogen and oxygen atoms in total. The van der Waals surface area contributed by atoms with Crippen LogP contribution in [0.15, 0.2) is 0 Å². The molecule has 6 heteroatoms. The summed E-state index contributed by atoms with van der Waals surface area (Å²) < 4.78 is 0. The van der Waals surface area contributed by atoms with Crippen LogP contribution < -0.4 is 10.6 Å². The zero-order valence-corrected chi connectivity index (χ0v) is 6.59. The van der Waals surface area contributed by atoms with E-state index in [0.29, 0.717) is 0 Å². The number of nitrogens with one attached hydrogen (secondary N) is 2. The molecule has 0 saturated carbocycles. The van der Waals surface area contributed by atoms with E-state index in [1.54, 1.807) is 0 Å². The quantitative estimate of drug-likeness (QED) is 0.507. The lowest BCUT2D eigenvalue weighted by Crippen LogP contribution is -2.38. The van der Waals surface area contributed by atoms with Crippen molar-refractivity contribution in [2.75, 3.05) is 13.1 Å². The fourth-order valence-corrected chi connectivity index (χ4v) is 0.441. The first kappa shape index (κ1) is 10.4. The number of carbonyl (C=O) groups is 3. The monoisotopic (exact) mass is 174 g/mol. The number of carbonyl (C=O) groups excluding carboxylic acids is 2. The van der Waals surface area contributed by atoms with Gasteiger partial charge in [0.25, 0.3) is 0 Å². The molecule has 0 heterocycles. The van der Waals surface area contributed by atoms with Gasteiger partial charge in [0.15, 0.2) is 0 Å². The summed E-state index contributed by atoms with van der Waals surface area (Å²) in [4.78, 5) is 30.9. The van der Waals surface area contributed by atoms with E-state index < -0.39 is 12.0 Å². The van der Waals surface area contributed by atoms with Gasteiger partial charge in [-0.25, -0.2) is 4.79 Å².